The molecule has 2 N–H and O–H groups in total. The van der Waals surface area contributed by atoms with Gasteiger partial charge in [0, 0.05) is 24.6 Å². The minimum Gasteiger partial charge on any atom is -0.399 e. The van der Waals surface area contributed by atoms with Gasteiger partial charge >= 0.3 is 0 Å². The molecule has 2 aromatic rings. The van der Waals surface area contributed by atoms with Gasteiger partial charge in [0.05, 0.1) is 29.6 Å². The second kappa shape index (κ2) is 6.88. The Kier molecular flexibility index (Phi) is 4.44. The van der Waals surface area contributed by atoms with Crippen LogP contribution in [0.2, 0.25) is 5.02 Å². The fraction of sp³-hybridized carbons (Fsp3) is 0.211. The Bertz CT molecular complexity index is 844. The van der Waals surface area contributed by atoms with E-state index in [2.05, 4.69) is 16.0 Å². The number of aromatic nitrogens is 1. The molecule has 2 aliphatic rings. The molecule has 0 saturated carbocycles. The molecule has 5 nitrogen and oxygen atoms in total. The third-order valence-corrected chi connectivity index (χ3v) is 4.50. The lowest BCUT2D eigenvalue weighted by atomic mass is 10.0. The number of pyridine rings is 1. The lowest BCUT2D eigenvalue weighted by Crippen LogP contribution is -2.21. The molecule has 3 heterocycles. The summed E-state index contributed by atoms with van der Waals surface area (Å²) in [5, 5.41) is 0.633. The van der Waals surface area contributed by atoms with Crippen molar-refractivity contribution in [3.8, 4) is 0 Å². The third-order valence-electron chi connectivity index (χ3n) is 4.20. The van der Waals surface area contributed by atoms with Gasteiger partial charge in [-0.1, -0.05) is 17.7 Å². The molecule has 1 aromatic heterocycles. The molecule has 25 heavy (non-hydrogen) atoms. The lowest BCUT2D eigenvalue weighted by molar-refractivity contribution is -0.0473. The minimum atomic E-state index is -0.373. The highest BCUT2D eigenvalue weighted by Crippen LogP contribution is 2.32. The van der Waals surface area contributed by atoms with Crippen molar-refractivity contribution < 1.29 is 9.47 Å². The number of anilines is 2. The van der Waals surface area contributed by atoms with Crippen LogP contribution in [0.3, 0.4) is 0 Å². The van der Waals surface area contributed by atoms with Gasteiger partial charge in [-0.2, -0.15) is 0 Å². The van der Waals surface area contributed by atoms with Crippen molar-refractivity contribution in [3.05, 3.63) is 71.2 Å². The Morgan fingerprint density at radius 2 is 2.00 bits per heavy atom. The molecule has 0 bridgehead atoms. The number of nitrogens with zero attached hydrogens (tertiary/aromatic N) is 2. The lowest BCUT2D eigenvalue weighted by Gasteiger charge is -2.26. The van der Waals surface area contributed by atoms with E-state index in [1.54, 1.807) is 12.3 Å². The minimum absolute atomic E-state index is 0.373. The number of halogens is 1. The Morgan fingerprint density at radius 1 is 1.16 bits per heavy atom. The number of nitrogens with two attached hydrogens (primary N) is 1. The summed E-state index contributed by atoms with van der Waals surface area (Å²) in [5.41, 5.74) is 10.4. The van der Waals surface area contributed by atoms with E-state index in [4.69, 9.17) is 26.8 Å². The maximum absolute atomic E-state index is 6.35. The van der Waals surface area contributed by atoms with Crippen LogP contribution in [0.1, 0.15) is 17.5 Å². The smallest absolute Gasteiger partial charge is 0.201 e. The molecule has 0 atom stereocenters. The SMILES string of the molecule is Nc1ccc(N2C=CC=C(c3ccnc(C4OCCO4)c3)C2)c(Cl)c1. The van der Waals surface area contributed by atoms with Crippen LogP contribution in [-0.2, 0) is 9.47 Å². The van der Waals surface area contributed by atoms with Crippen LogP contribution in [0.25, 0.3) is 5.57 Å². The third kappa shape index (κ3) is 3.39. The van der Waals surface area contributed by atoms with Crippen LogP contribution in [0.5, 0.6) is 0 Å². The van der Waals surface area contributed by atoms with E-state index in [1.165, 1.54) is 0 Å². The van der Waals surface area contributed by atoms with E-state index < -0.39 is 0 Å². The van der Waals surface area contributed by atoms with Crippen molar-refractivity contribution in [1.82, 2.24) is 4.98 Å². The topological polar surface area (TPSA) is 60.6 Å². The first-order valence-electron chi connectivity index (χ1n) is 8.09. The van der Waals surface area contributed by atoms with Gasteiger partial charge in [-0.15, -0.1) is 0 Å². The Balaban J connectivity index is 1.58. The van der Waals surface area contributed by atoms with E-state index in [-0.39, 0.29) is 6.29 Å². The summed E-state index contributed by atoms with van der Waals surface area (Å²) in [6, 6.07) is 9.56. The summed E-state index contributed by atoms with van der Waals surface area (Å²) < 4.78 is 11.1. The molecule has 1 saturated heterocycles. The van der Waals surface area contributed by atoms with E-state index in [0.29, 0.717) is 30.5 Å². The molecule has 2 aliphatic heterocycles. The average molecular weight is 356 g/mol. The number of rotatable bonds is 3. The van der Waals surface area contributed by atoms with Gasteiger partial charge in [0.2, 0.25) is 6.29 Å². The molecular formula is C19H18ClN3O2. The first kappa shape index (κ1) is 16.1. The van der Waals surface area contributed by atoms with Gasteiger partial charge in [-0.25, -0.2) is 0 Å². The second-order valence-electron chi connectivity index (χ2n) is 5.92. The van der Waals surface area contributed by atoms with Gasteiger partial charge in [0.1, 0.15) is 0 Å². The molecule has 6 heteroatoms. The molecule has 0 amide bonds. The highest BCUT2D eigenvalue weighted by molar-refractivity contribution is 6.33. The highest BCUT2D eigenvalue weighted by atomic mass is 35.5. The Labute approximate surface area is 151 Å². The van der Waals surface area contributed by atoms with Gasteiger partial charge in [-0.05, 0) is 47.5 Å². The zero-order valence-corrected chi connectivity index (χ0v) is 14.3. The zero-order valence-electron chi connectivity index (χ0n) is 13.6. The van der Waals surface area contributed by atoms with Crippen molar-refractivity contribution in [2.45, 2.75) is 6.29 Å². The quantitative estimate of drug-likeness (QED) is 0.849. The fourth-order valence-corrected chi connectivity index (χ4v) is 3.26. The summed E-state index contributed by atoms with van der Waals surface area (Å²) in [6.07, 6.45) is 7.52. The molecule has 128 valence electrons. The molecule has 1 aromatic carbocycles. The van der Waals surface area contributed by atoms with Crippen molar-refractivity contribution in [1.29, 1.82) is 0 Å². The average Bonchev–Trinajstić information content (AvgIpc) is 3.17. The zero-order chi connectivity index (χ0) is 17.2. The van der Waals surface area contributed by atoms with Crippen LogP contribution >= 0.6 is 11.6 Å². The maximum atomic E-state index is 6.35. The van der Waals surface area contributed by atoms with E-state index >= 15 is 0 Å². The number of nitrogen functional groups attached to an aromatic ring is 1. The van der Waals surface area contributed by atoms with Gasteiger partial charge < -0.3 is 20.1 Å². The molecule has 0 aliphatic carbocycles. The monoisotopic (exact) mass is 355 g/mol. The predicted octanol–water partition coefficient (Wildman–Crippen LogP) is 3.78. The van der Waals surface area contributed by atoms with E-state index in [1.807, 2.05) is 36.5 Å². The van der Waals surface area contributed by atoms with Crippen LogP contribution < -0.4 is 10.6 Å². The van der Waals surface area contributed by atoms with E-state index in [9.17, 15) is 0 Å². The van der Waals surface area contributed by atoms with Crippen molar-refractivity contribution in [3.63, 3.8) is 0 Å². The number of hydrogen-bond acceptors (Lipinski definition) is 5. The Morgan fingerprint density at radius 3 is 2.80 bits per heavy atom. The maximum Gasteiger partial charge on any atom is 0.201 e. The van der Waals surface area contributed by atoms with Crippen molar-refractivity contribution in [2.24, 2.45) is 0 Å². The summed E-state index contributed by atoms with van der Waals surface area (Å²) in [6.45, 7) is 1.91. The van der Waals surface area contributed by atoms with Crippen LogP contribution in [0, 0.1) is 0 Å². The molecule has 1 fully saturated rings. The normalized spacial score (nSPS) is 17.8. The Hall–Kier alpha value is -2.34. The summed E-state index contributed by atoms with van der Waals surface area (Å²) in [5.74, 6) is 0. The van der Waals surface area contributed by atoms with E-state index in [0.717, 1.165) is 22.5 Å². The second-order valence-corrected chi connectivity index (χ2v) is 6.32. The standard InChI is InChI=1S/C19H18ClN3O2/c20-16-11-15(21)3-4-18(16)23-7-1-2-14(12-23)13-5-6-22-17(10-13)19-24-8-9-25-19/h1-7,10-11,19H,8-9,12,21H2. The predicted molar refractivity (Wildman–Crippen MR) is 99.2 cm³/mol. The molecule has 0 spiro atoms. The molecule has 0 unspecified atom stereocenters. The first-order chi connectivity index (χ1) is 12.2. The fourth-order valence-electron chi connectivity index (χ4n) is 2.97. The molecule has 0 radical (unpaired) electrons. The molecular weight excluding hydrogens is 338 g/mol. The number of hydrogen-bond donors (Lipinski definition) is 1. The van der Waals surface area contributed by atoms with Crippen LogP contribution in [0.15, 0.2) is 54.9 Å². The number of ether oxygens (including phenoxy) is 2. The first-order valence-corrected chi connectivity index (χ1v) is 8.47. The van der Waals surface area contributed by atoms with Gasteiger partial charge in [-0.3, -0.25) is 4.98 Å². The highest BCUT2D eigenvalue weighted by Gasteiger charge is 2.21. The number of benzene rings is 1. The molecule has 4 rings (SSSR count). The van der Waals surface area contributed by atoms with Crippen LogP contribution in [-0.4, -0.2) is 24.7 Å². The number of allylic oxidation sites excluding steroid dienone is 2. The van der Waals surface area contributed by atoms with Crippen LogP contribution in [0.4, 0.5) is 11.4 Å². The van der Waals surface area contributed by atoms with Crippen molar-refractivity contribution >= 4 is 28.5 Å². The van der Waals surface area contributed by atoms with Gasteiger partial charge in [0.15, 0.2) is 0 Å². The largest absolute Gasteiger partial charge is 0.399 e. The van der Waals surface area contributed by atoms with Crippen molar-refractivity contribution in [2.75, 3.05) is 30.4 Å². The summed E-state index contributed by atoms with van der Waals surface area (Å²) >= 11 is 6.35. The summed E-state index contributed by atoms with van der Waals surface area (Å²) in [7, 11) is 0. The van der Waals surface area contributed by atoms with Gasteiger partial charge in [0.25, 0.3) is 0 Å². The summed E-state index contributed by atoms with van der Waals surface area (Å²) in [4.78, 5) is 6.47.